The Morgan fingerprint density at radius 1 is 1.30 bits per heavy atom. The van der Waals surface area contributed by atoms with E-state index in [1.807, 2.05) is 17.5 Å². The number of nitrogens with one attached hydrogen (secondary N) is 1. The number of hydrogen-bond donors (Lipinski definition) is 1. The predicted molar refractivity (Wildman–Crippen MR) is 99.8 cm³/mol. The topological polar surface area (TPSA) is 94.4 Å². The number of ether oxygens (including phenoxy) is 2. The number of aromatic amines is 1. The van der Waals surface area contributed by atoms with Gasteiger partial charge < -0.3 is 19.0 Å². The van der Waals surface area contributed by atoms with Gasteiger partial charge in [-0.15, -0.1) is 11.3 Å². The molecule has 1 N–H and O–H groups in total. The second-order valence-corrected chi connectivity index (χ2v) is 7.26. The van der Waals surface area contributed by atoms with Crippen LogP contribution in [0.2, 0.25) is 0 Å². The molecule has 0 aromatic carbocycles. The Morgan fingerprint density at radius 3 is 2.74 bits per heavy atom. The summed E-state index contributed by atoms with van der Waals surface area (Å²) in [6.45, 7) is 6.91. The van der Waals surface area contributed by atoms with Crippen LogP contribution in [0.25, 0.3) is 10.6 Å². The Bertz CT molecular complexity index is 953. The third kappa shape index (κ3) is 4.11. The minimum absolute atomic E-state index is 0.0308. The van der Waals surface area contributed by atoms with Crippen LogP contribution in [0.3, 0.4) is 0 Å². The van der Waals surface area contributed by atoms with Crippen molar-refractivity contribution in [3.63, 3.8) is 0 Å². The van der Waals surface area contributed by atoms with Crippen LogP contribution in [0, 0.1) is 13.8 Å². The summed E-state index contributed by atoms with van der Waals surface area (Å²) >= 11 is 1.53. The molecule has 0 radical (unpaired) electrons. The minimum atomic E-state index is -0.570. The average molecular weight is 388 g/mol. The zero-order valence-corrected chi connectivity index (χ0v) is 16.3. The molecule has 3 heterocycles. The van der Waals surface area contributed by atoms with Crippen LogP contribution < -0.4 is 0 Å². The van der Waals surface area contributed by atoms with Crippen molar-refractivity contribution in [2.75, 3.05) is 0 Å². The summed E-state index contributed by atoms with van der Waals surface area (Å²) in [6, 6.07) is 5.57. The number of esters is 2. The molecule has 0 spiro atoms. The first-order valence-electron chi connectivity index (χ1n) is 8.43. The Hall–Kier alpha value is -2.87. The van der Waals surface area contributed by atoms with E-state index in [1.165, 1.54) is 11.3 Å². The third-order valence-electron chi connectivity index (χ3n) is 3.86. The van der Waals surface area contributed by atoms with Gasteiger partial charge in [-0.05, 0) is 44.7 Å². The van der Waals surface area contributed by atoms with Crippen LogP contribution in [-0.4, -0.2) is 28.2 Å². The van der Waals surface area contributed by atoms with E-state index < -0.39 is 11.9 Å². The lowest BCUT2D eigenvalue weighted by Crippen LogP contribution is -2.13. The zero-order valence-electron chi connectivity index (χ0n) is 15.5. The van der Waals surface area contributed by atoms with Gasteiger partial charge in [0.05, 0.1) is 16.5 Å². The third-order valence-corrected chi connectivity index (χ3v) is 4.75. The molecule has 0 saturated heterocycles. The van der Waals surface area contributed by atoms with Gasteiger partial charge in [0.1, 0.15) is 18.0 Å². The van der Waals surface area contributed by atoms with Crippen molar-refractivity contribution in [2.24, 2.45) is 0 Å². The van der Waals surface area contributed by atoms with Crippen molar-refractivity contribution in [3.05, 3.63) is 51.8 Å². The summed E-state index contributed by atoms with van der Waals surface area (Å²) in [4.78, 5) is 28.5. The summed E-state index contributed by atoms with van der Waals surface area (Å²) in [5.74, 6) is -0.408. The van der Waals surface area contributed by atoms with Crippen LogP contribution in [0.1, 0.15) is 51.6 Å². The lowest BCUT2D eigenvalue weighted by atomic mass is 10.1. The van der Waals surface area contributed by atoms with Gasteiger partial charge in [0.15, 0.2) is 5.76 Å². The van der Waals surface area contributed by atoms with Gasteiger partial charge in [0, 0.05) is 11.8 Å². The van der Waals surface area contributed by atoms with E-state index in [0.717, 1.165) is 4.88 Å². The fraction of sp³-hybridized carbons (Fsp3) is 0.316. The fourth-order valence-electron chi connectivity index (χ4n) is 2.66. The molecule has 3 aromatic rings. The van der Waals surface area contributed by atoms with Crippen LogP contribution in [0.5, 0.6) is 0 Å². The van der Waals surface area contributed by atoms with Gasteiger partial charge in [-0.25, -0.2) is 9.59 Å². The number of aromatic nitrogens is 2. The van der Waals surface area contributed by atoms with Crippen LogP contribution >= 0.6 is 11.3 Å². The number of rotatable bonds is 6. The number of H-pyrrole nitrogens is 1. The average Bonchev–Trinajstić information content (AvgIpc) is 3.31. The van der Waals surface area contributed by atoms with E-state index in [4.69, 9.17) is 14.0 Å². The van der Waals surface area contributed by atoms with Crippen molar-refractivity contribution in [1.82, 2.24) is 10.1 Å². The monoisotopic (exact) mass is 388 g/mol. The van der Waals surface area contributed by atoms with E-state index >= 15 is 0 Å². The number of thiophene rings is 1. The molecule has 0 unspecified atom stereocenters. The molecule has 0 aliphatic heterocycles. The van der Waals surface area contributed by atoms with Crippen molar-refractivity contribution in [3.8, 4) is 10.6 Å². The first-order valence-corrected chi connectivity index (χ1v) is 9.31. The lowest BCUT2D eigenvalue weighted by molar-refractivity contribution is 0.0376. The molecular weight excluding hydrogens is 368 g/mol. The summed E-state index contributed by atoms with van der Waals surface area (Å²) < 4.78 is 15.8. The number of nitrogens with zero attached hydrogens (tertiary/aromatic N) is 1. The summed E-state index contributed by atoms with van der Waals surface area (Å²) in [6.07, 6.45) is -0.244. The molecule has 0 bridgehead atoms. The van der Waals surface area contributed by atoms with Crippen molar-refractivity contribution in [1.29, 1.82) is 0 Å². The number of carbonyl (C=O) groups is 2. The molecule has 3 aromatic heterocycles. The van der Waals surface area contributed by atoms with E-state index in [-0.39, 0.29) is 18.4 Å². The number of aryl methyl sites for hydroxylation is 1. The van der Waals surface area contributed by atoms with Gasteiger partial charge in [-0.3, -0.25) is 0 Å². The fourth-order valence-corrected chi connectivity index (χ4v) is 3.33. The molecule has 8 heteroatoms. The summed E-state index contributed by atoms with van der Waals surface area (Å²) in [5, 5.41) is 5.85. The maximum Gasteiger partial charge on any atom is 0.355 e. The van der Waals surface area contributed by atoms with E-state index in [9.17, 15) is 9.59 Å². The molecule has 0 saturated carbocycles. The highest BCUT2D eigenvalue weighted by Gasteiger charge is 2.24. The highest BCUT2D eigenvalue weighted by molar-refractivity contribution is 7.13. The number of carbonyl (C=O) groups excluding carboxylic acids is 2. The van der Waals surface area contributed by atoms with Crippen LogP contribution in [0.15, 0.2) is 28.1 Å². The molecule has 142 valence electrons. The molecule has 3 rings (SSSR count). The maximum atomic E-state index is 12.4. The molecule has 0 atom stereocenters. The minimum Gasteiger partial charge on any atom is -0.459 e. The Balaban J connectivity index is 1.69. The molecular formula is C19H20N2O5S. The first-order chi connectivity index (χ1) is 12.9. The van der Waals surface area contributed by atoms with Gasteiger partial charge >= 0.3 is 11.9 Å². The quantitative estimate of drug-likeness (QED) is 0.634. The summed E-state index contributed by atoms with van der Waals surface area (Å²) in [7, 11) is 0. The van der Waals surface area contributed by atoms with Gasteiger partial charge in [0.2, 0.25) is 0 Å². The van der Waals surface area contributed by atoms with Gasteiger partial charge in [-0.1, -0.05) is 11.2 Å². The van der Waals surface area contributed by atoms with Crippen molar-refractivity contribution >= 4 is 23.3 Å². The Morgan fingerprint density at radius 2 is 2.07 bits per heavy atom. The zero-order chi connectivity index (χ0) is 19.6. The van der Waals surface area contributed by atoms with Crippen LogP contribution in [0.4, 0.5) is 0 Å². The van der Waals surface area contributed by atoms with E-state index in [0.29, 0.717) is 28.3 Å². The largest absolute Gasteiger partial charge is 0.459 e. The molecule has 27 heavy (non-hydrogen) atoms. The van der Waals surface area contributed by atoms with E-state index in [1.54, 1.807) is 33.8 Å². The molecule has 0 aliphatic rings. The maximum absolute atomic E-state index is 12.4. The van der Waals surface area contributed by atoms with Gasteiger partial charge in [0.25, 0.3) is 0 Å². The lowest BCUT2D eigenvalue weighted by Gasteiger charge is -2.08. The smallest absolute Gasteiger partial charge is 0.355 e. The van der Waals surface area contributed by atoms with Crippen LogP contribution in [-0.2, 0) is 16.1 Å². The highest BCUT2D eigenvalue weighted by Crippen LogP contribution is 2.25. The molecule has 7 nitrogen and oxygen atoms in total. The normalized spacial score (nSPS) is 11.0. The number of hydrogen-bond acceptors (Lipinski definition) is 7. The van der Waals surface area contributed by atoms with E-state index in [2.05, 4.69) is 10.1 Å². The van der Waals surface area contributed by atoms with Crippen molar-refractivity contribution in [2.45, 2.75) is 40.4 Å². The van der Waals surface area contributed by atoms with Crippen molar-refractivity contribution < 1.29 is 23.6 Å². The van der Waals surface area contributed by atoms with Gasteiger partial charge in [-0.2, -0.15) is 0 Å². The SMILES string of the molecule is Cc1[nH]c(C(=O)OCc2cc(-c3cccs3)on2)c(C)c1C(=O)OC(C)C. The molecule has 0 aliphatic carbocycles. The predicted octanol–water partition coefficient (Wildman–Crippen LogP) is 4.27. The second kappa shape index (κ2) is 7.79. The molecule has 0 fully saturated rings. The Kier molecular flexibility index (Phi) is 5.46. The Labute approximate surface area is 160 Å². The highest BCUT2D eigenvalue weighted by atomic mass is 32.1. The summed E-state index contributed by atoms with van der Waals surface area (Å²) in [5.41, 5.74) is 2.16. The second-order valence-electron chi connectivity index (χ2n) is 6.31. The first kappa shape index (κ1) is 18.9. The molecule has 0 amide bonds. The standard InChI is InChI=1S/C19H20N2O5S/c1-10(2)25-18(22)16-11(3)17(20-12(16)4)19(23)24-9-13-8-14(26-21-13)15-6-5-7-27-15/h5-8,10,20H,9H2,1-4H3.